The third-order valence-electron chi connectivity index (χ3n) is 3.15. The van der Waals surface area contributed by atoms with Gasteiger partial charge in [0.05, 0.1) is 21.8 Å². The van der Waals surface area contributed by atoms with Crippen molar-refractivity contribution < 1.29 is 4.92 Å². The standard InChI is InChI=1S/C13H8Cl2N4O2/c1-18-6-8(11-9(14)5-16-13(15)17-11)7-3-2-4-10(12(7)18)19(20)21/h2-6H,1H3. The second-order valence-electron chi connectivity index (χ2n) is 4.42. The third kappa shape index (κ3) is 2.22. The summed E-state index contributed by atoms with van der Waals surface area (Å²) in [6.45, 7) is 0. The normalized spacial score (nSPS) is 11.0. The first-order valence-electron chi connectivity index (χ1n) is 5.90. The Hall–Kier alpha value is -2.18. The zero-order valence-corrected chi connectivity index (χ0v) is 12.3. The average molecular weight is 323 g/mol. The van der Waals surface area contributed by atoms with E-state index in [1.54, 1.807) is 29.9 Å². The van der Waals surface area contributed by atoms with Gasteiger partial charge in [0.15, 0.2) is 0 Å². The van der Waals surface area contributed by atoms with E-state index in [0.29, 0.717) is 27.2 Å². The average Bonchev–Trinajstić information content (AvgIpc) is 2.79. The molecule has 106 valence electrons. The van der Waals surface area contributed by atoms with E-state index in [2.05, 4.69) is 9.97 Å². The number of aromatic nitrogens is 3. The van der Waals surface area contributed by atoms with Crippen LogP contribution in [0.1, 0.15) is 0 Å². The molecule has 2 aromatic heterocycles. The van der Waals surface area contributed by atoms with Crippen molar-refractivity contribution in [3.05, 3.63) is 51.0 Å². The number of nitro benzene ring substituents is 1. The van der Waals surface area contributed by atoms with E-state index >= 15 is 0 Å². The molecule has 0 fully saturated rings. The number of nitrogens with zero attached hydrogens (tertiary/aromatic N) is 4. The summed E-state index contributed by atoms with van der Waals surface area (Å²) in [4.78, 5) is 18.7. The van der Waals surface area contributed by atoms with Crippen molar-refractivity contribution in [2.75, 3.05) is 0 Å². The number of benzene rings is 1. The molecule has 0 aliphatic carbocycles. The first-order valence-corrected chi connectivity index (χ1v) is 6.65. The van der Waals surface area contributed by atoms with Crippen LogP contribution in [0.4, 0.5) is 5.69 Å². The molecule has 0 saturated heterocycles. The first-order chi connectivity index (χ1) is 9.99. The van der Waals surface area contributed by atoms with E-state index in [1.807, 2.05) is 0 Å². The molecule has 0 aliphatic heterocycles. The smallest absolute Gasteiger partial charge is 0.293 e. The van der Waals surface area contributed by atoms with Crippen LogP contribution in [0.15, 0.2) is 30.6 Å². The van der Waals surface area contributed by atoms with Gasteiger partial charge >= 0.3 is 0 Å². The lowest BCUT2D eigenvalue weighted by atomic mass is 10.1. The quantitative estimate of drug-likeness (QED) is 0.408. The highest BCUT2D eigenvalue weighted by atomic mass is 35.5. The number of non-ortho nitro benzene ring substituents is 1. The zero-order valence-electron chi connectivity index (χ0n) is 10.7. The fraction of sp³-hybridized carbons (Fsp3) is 0.0769. The molecule has 3 rings (SSSR count). The number of nitro groups is 1. The van der Waals surface area contributed by atoms with Crippen LogP contribution in [0.3, 0.4) is 0 Å². The zero-order chi connectivity index (χ0) is 15.1. The second kappa shape index (κ2) is 4.98. The van der Waals surface area contributed by atoms with Crippen LogP contribution >= 0.6 is 23.2 Å². The minimum absolute atomic E-state index is 0.0255. The van der Waals surface area contributed by atoms with E-state index < -0.39 is 4.92 Å². The Morgan fingerprint density at radius 2 is 2.10 bits per heavy atom. The number of rotatable bonds is 2. The molecule has 21 heavy (non-hydrogen) atoms. The van der Waals surface area contributed by atoms with Crippen LogP contribution in [0, 0.1) is 10.1 Å². The summed E-state index contributed by atoms with van der Waals surface area (Å²) >= 11 is 11.9. The number of fused-ring (bicyclic) bond motifs is 1. The maximum atomic E-state index is 11.2. The molecule has 0 bridgehead atoms. The number of halogens is 2. The summed E-state index contributed by atoms with van der Waals surface area (Å²) < 4.78 is 1.68. The Morgan fingerprint density at radius 1 is 1.33 bits per heavy atom. The molecule has 6 nitrogen and oxygen atoms in total. The topological polar surface area (TPSA) is 73.8 Å². The highest BCUT2D eigenvalue weighted by molar-refractivity contribution is 6.34. The van der Waals surface area contributed by atoms with Gasteiger partial charge in [0.1, 0.15) is 5.52 Å². The van der Waals surface area contributed by atoms with Gasteiger partial charge in [-0.05, 0) is 11.6 Å². The molecule has 0 amide bonds. The van der Waals surface area contributed by atoms with Gasteiger partial charge in [0.25, 0.3) is 5.69 Å². The monoisotopic (exact) mass is 322 g/mol. The summed E-state index contributed by atoms with van der Waals surface area (Å²) in [5.41, 5.74) is 1.65. The molecule has 0 saturated carbocycles. The van der Waals surface area contributed by atoms with E-state index in [0.717, 1.165) is 0 Å². The second-order valence-corrected chi connectivity index (χ2v) is 5.16. The molecule has 0 N–H and O–H groups in total. The fourth-order valence-electron chi connectivity index (χ4n) is 2.32. The Kier molecular flexibility index (Phi) is 3.27. The van der Waals surface area contributed by atoms with Gasteiger partial charge in [-0.3, -0.25) is 10.1 Å². The molecule has 8 heteroatoms. The molecular weight excluding hydrogens is 315 g/mol. The van der Waals surface area contributed by atoms with Crippen molar-refractivity contribution in [2.24, 2.45) is 7.05 Å². The Labute approximate surface area is 129 Å². The highest BCUT2D eigenvalue weighted by Gasteiger charge is 2.20. The number of para-hydroxylation sites is 1. The lowest BCUT2D eigenvalue weighted by molar-refractivity contribution is -0.383. The van der Waals surface area contributed by atoms with Gasteiger partial charge in [0, 0.05) is 30.3 Å². The van der Waals surface area contributed by atoms with Crippen molar-refractivity contribution in [1.29, 1.82) is 0 Å². The Morgan fingerprint density at radius 3 is 2.81 bits per heavy atom. The van der Waals surface area contributed by atoms with E-state index in [9.17, 15) is 10.1 Å². The third-order valence-corrected chi connectivity index (χ3v) is 3.61. The Bertz CT molecular complexity index is 876. The minimum atomic E-state index is -0.416. The minimum Gasteiger partial charge on any atom is -0.344 e. The van der Waals surface area contributed by atoms with Gasteiger partial charge in [-0.25, -0.2) is 9.97 Å². The Balaban J connectivity index is 2.38. The van der Waals surface area contributed by atoms with Crippen LogP contribution < -0.4 is 0 Å². The van der Waals surface area contributed by atoms with Gasteiger partial charge in [0.2, 0.25) is 5.28 Å². The molecule has 0 radical (unpaired) electrons. The molecule has 0 unspecified atom stereocenters. The lowest BCUT2D eigenvalue weighted by Gasteiger charge is -2.02. The molecule has 2 heterocycles. The lowest BCUT2D eigenvalue weighted by Crippen LogP contribution is -1.92. The number of hydrogen-bond donors (Lipinski definition) is 0. The first kappa shape index (κ1) is 13.8. The predicted octanol–water partition coefficient (Wildman–Crippen LogP) is 3.85. The van der Waals surface area contributed by atoms with Crippen LogP contribution in [0.2, 0.25) is 10.3 Å². The van der Waals surface area contributed by atoms with Crippen LogP contribution in [-0.2, 0) is 7.05 Å². The predicted molar refractivity (Wildman–Crippen MR) is 80.6 cm³/mol. The summed E-state index contributed by atoms with van der Waals surface area (Å²) in [5.74, 6) is 0. The van der Waals surface area contributed by atoms with Crippen LogP contribution in [0.25, 0.3) is 22.2 Å². The SMILES string of the molecule is Cn1cc(-c2nc(Cl)ncc2Cl)c2cccc([N+](=O)[O-])c21. The summed E-state index contributed by atoms with van der Waals surface area (Å²) in [6, 6.07) is 4.87. The van der Waals surface area contributed by atoms with Gasteiger partial charge < -0.3 is 4.57 Å². The van der Waals surface area contributed by atoms with Crippen molar-refractivity contribution >= 4 is 39.8 Å². The van der Waals surface area contributed by atoms with E-state index in [1.165, 1.54) is 12.3 Å². The van der Waals surface area contributed by atoms with Crippen molar-refractivity contribution in [2.45, 2.75) is 0 Å². The summed E-state index contributed by atoms with van der Waals surface area (Å²) in [5, 5.41) is 12.2. The summed E-state index contributed by atoms with van der Waals surface area (Å²) in [7, 11) is 1.73. The number of hydrogen-bond acceptors (Lipinski definition) is 4. The van der Waals surface area contributed by atoms with Crippen LogP contribution in [0.5, 0.6) is 0 Å². The molecule has 0 aliphatic rings. The molecule has 1 aromatic carbocycles. The highest BCUT2D eigenvalue weighted by Crippen LogP contribution is 2.36. The molecular formula is C13H8Cl2N4O2. The van der Waals surface area contributed by atoms with Crippen molar-refractivity contribution in [3.63, 3.8) is 0 Å². The fourth-order valence-corrected chi connectivity index (χ4v) is 2.64. The van der Waals surface area contributed by atoms with Crippen molar-refractivity contribution in [3.8, 4) is 11.3 Å². The van der Waals surface area contributed by atoms with Gasteiger partial charge in [-0.15, -0.1) is 0 Å². The van der Waals surface area contributed by atoms with Gasteiger partial charge in [-0.2, -0.15) is 0 Å². The van der Waals surface area contributed by atoms with Crippen LogP contribution in [-0.4, -0.2) is 19.5 Å². The maximum Gasteiger partial charge on any atom is 0.293 e. The van der Waals surface area contributed by atoms with Gasteiger partial charge in [-0.1, -0.05) is 23.7 Å². The van der Waals surface area contributed by atoms with E-state index in [4.69, 9.17) is 23.2 Å². The largest absolute Gasteiger partial charge is 0.344 e. The van der Waals surface area contributed by atoms with E-state index in [-0.39, 0.29) is 11.0 Å². The maximum absolute atomic E-state index is 11.2. The van der Waals surface area contributed by atoms with Crippen molar-refractivity contribution in [1.82, 2.24) is 14.5 Å². The number of aryl methyl sites for hydroxylation is 1. The molecule has 0 atom stereocenters. The summed E-state index contributed by atoms with van der Waals surface area (Å²) in [6.07, 6.45) is 3.14. The molecule has 0 spiro atoms. The molecule has 3 aromatic rings.